The monoisotopic (exact) mass is 261 g/mol. The average molecular weight is 262 g/mol. The van der Waals surface area contributed by atoms with Gasteiger partial charge in [-0.05, 0) is 17.7 Å². The molecule has 17 heavy (non-hydrogen) atoms. The molecule has 0 amide bonds. The number of alkyl halides is 2. The number of hydrogen-bond acceptors (Lipinski definition) is 3. The number of halogens is 3. The minimum absolute atomic E-state index is 0.0499. The summed E-state index contributed by atoms with van der Waals surface area (Å²) >= 11 is 5.73. The Bertz CT molecular complexity index is 485. The van der Waals surface area contributed by atoms with Crippen LogP contribution < -0.4 is 4.74 Å². The van der Waals surface area contributed by atoms with Gasteiger partial charge in [0.1, 0.15) is 11.8 Å². The van der Waals surface area contributed by atoms with Gasteiger partial charge in [0.05, 0.1) is 17.0 Å². The van der Waals surface area contributed by atoms with E-state index in [0.717, 1.165) is 12.1 Å². The number of rotatable bonds is 4. The van der Waals surface area contributed by atoms with Crippen LogP contribution >= 0.6 is 11.6 Å². The van der Waals surface area contributed by atoms with E-state index in [0.29, 0.717) is 0 Å². The Labute approximate surface area is 100.0 Å². The Morgan fingerprint density at radius 1 is 1.59 bits per heavy atom. The van der Waals surface area contributed by atoms with E-state index in [1.54, 1.807) is 6.07 Å². The van der Waals surface area contributed by atoms with E-state index in [2.05, 4.69) is 4.74 Å². The van der Waals surface area contributed by atoms with E-state index in [-0.39, 0.29) is 21.9 Å². The maximum absolute atomic E-state index is 12.0. The number of carbonyl (C=O) groups is 1. The zero-order valence-electron chi connectivity index (χ0n) is 8.28. The van der Waals surface area contributed by atoms with Crippen molar-refractivity contribution in [3.8, 4) is 11.8 Å². The molecule has 0 spiro atoms. The van der Waals surface area contributed by atoms with Crippen LogP contribution in [0.1, 0.15) is 11.1 Å². The molecule has 1 N–H and O–H groups in total. The quantitative estimate of drug-likeness (QED) is 0.904. The summed E-state index contributed by atoms with van der Waals surface area (Å²) in [5.74, 6) is -1.48. The molecule has 1 aromatic carbocycles. The van der Waals surface area contributed by atoms with Crippen LogP contribution in [0, 0.1) is 11.3 Å². The molecule has 0 fully saturated rings. The Balaban J connectivity index is 3.19. The van der Waals surface area contributed by atoms with E-state index in [9.17, 15) is 13.6 Å². The van der Waals surface area contributed by atoms with Gasteiger partial charge < -0.3 is 9.84 Å². The molecule has 7 heteroatoms. The van der Waals surface area contributed by atoms with Crippen LogP contribution in [-0.2, 0) is 11.2 Å². The van der Waals surface area contributed by atoms with Crippen molar-refractivity contribution < 1.29 is 23.4 Å². The fourth-order valence-corrected chi connectivity index (χ4v) is 1.42. The standard InChI is InChI=1S/C10H6ClF2NO3/c11-9-5(3-8(15)16)1-7(17-10(12)13)2-6(9)4-14/h1-2,10H,3H2,(H,15,16). The molecule has 0 heterocycles. The molecule has 0 atom stereocenters. The zero-order chi connectivity index (χ0) is 13.0. The second-order valence-electron chi connectivity index (χ2n) is 3.00. The van der Waals surface area contributed by atoms with Crippen molar-refractivity contribution in [3.05, 3.63) is 28.3 Å². The molecule has 1 rings (SSSR count). The van der Waals surface area contributed by atoms with Crippen LogP contribution in [0.5, 0.6) is 5.75 Å². The highest BCUT2D eigenvalue weighted by Gasteiger charge is 2.14. The van der Waals surface area contributed by atoms with E-state index < -0.39 is 19.0 Å². The number of nitrogens with zero attached hydrogens (tertiary/aromatic N) is 1. The van der Waals surface area contributed by atoms with Gasteiger partial charge in [0, 0.05) is 0 Å². The summed E-state index contributed by atoms with van der Waals surface area (Å²) < 4.78 is 28.1. The number of aliphatic carboxylic acids is 1. The topological polar surface area (TPSA) is 70.3 Å². The van der Waals surface area contributed by atoms with E-state index >= 15 is 0 Å². The third-order valence-corrected chi connectivity index (χ3v) is 2.26. The van der Waals surface area contributed by atoms with Gasteiger partial charge >= 0.3 is 12.6 Å². The van der Waals surface area contributed by atoms with Gasteiger partial charge in [-0.25, -0.2) is 0 Å². The minimum atomic E-state index is -3.06. The number of nitriles is 1. The summed E-state index contributed by atoms with van der Waals surface area (Å²) in [6, 6.07) is 3.77. The van der Waals surface area contributed by atoms with Crippen LogP contribution in [0.15, 0.2) is 12.1 Å². The van der Waals surface area contributed by atoms with Crippen molar-refractivity contribution in [1.29, 1.82) is 5.26 Å². The van der Waals surface area contributed by atoms with Crippen LogP contribution in [-0.4, -0.2) is 17.7 Å². The third kappa shape index (κ3) is 3.57. The maximum atomic E-state index is 12.0. The van der Waals surface area contributed by atoms with Crippen molar-refractivity contribution >= 4 is 17.6 Å². The fourth-order valence-electron chi connectivity index (χ4n) is 1.20. The predicted octanol–water partition coefficient (Wildman–Crippen LogP) is 2.44. The van der Waals surface area contributed by atoms with Crippen molar-refractivity contribution in [1.82, 2.24) is 0 Å². The Kier molecular flexibility index (Phi) is 4.24. The Morgan fingerprint density at radius 3 is 2.71 bits per heavy atom. The lowest BCUT2D eigenvalue weighted by Gasteiger charge is -2.09. The van der Waals surface area contributed by atoms with Gasteiger partial charge in [0.25, 0.3) is 0 Å². The van der Waals surface area contributed by atoms with E-state index in [4.69, 9.17) is 22.0 Å². The number of carboxylic acids is 1. The smallest absolute Gasteiger partial charge is 0.387 e. The van der Waals surface area contributed by atoms with Gasteiger partial charge in [-0.1, -0.05) is 11.6 Å². The van der Waals surface area contributed by atoms with Gasteiger partial charge in [-0.3, -0.25) is 4.79 Å². The SMILES string of the molecule is N#Cc1cc(OC(F)F)cc(CC(=O)O)c1Cl. The lowest BCUT2D eigenvalue weighted by atomic mass is 10.1. The maximum Gasteiger partial charge on any atom is 0.387 e. The highest BCUT2D eigenvalue weighted by Crippen LogP contribution is 2.28. The molecule has 90 valence electrons. The zero-order valence-corrected chi connectivity index (χ0v) is 9.04. The summed E-state index contributed by atoms with van der Waals surface area (Å²) in [7, 11) is 0. The first-order valence-corrected chi connectivity index (χ1v) is 4.71. The molecule has 0 radical (unpaired) electrons. The second kappa shape index (κ2) is 5.46. The summed E-state index contributed by atoms with van der Waals surface area (Å²) in [6.45, 7) is -3.06. The van der Waals surface area contributed by atoms with Gasteiger partial charge in [-0.2, -0.15) is 14.0 Å². The van der Waals surface area contributed by atoms with E-state index in [1.807, 2.05) is 0 Å². The lowest BCUT2D eigenvalue weighted by molar-refractivity contribution is -0.136. The minimum Gasteiger partial charge on any atom is -0.481 e. The number of benzene rings is 1. The molecule has 0 saturated heterocycles. The molecule has 4 nitrogen and oxygen atoms in total. The molecule has 0 bridgehead atoms. The van der Waals surface area contributed by atoms with Gasteiger partial charge in [0.2, 0.25) is 0 Å². The first-order valence-electron chi connectivity index (χ1n) is 4.33. The molecule has 1 aromatic rings. The molecule has 0 aliphatic heterocycles. The largest absolute Gasteiger partial charge is 0.481 e. The van der Waals surface area contributed by atoms with E-state index in [1.165, 1.54) is 0 Å². The normalized spacial score (nSPS) is 10.1. The molecule has 0 unspecified atom stereocenters. The Morgan fingerprint density at radius 2 is 2.24 bits per heavy atom. The molecule has 0 aliphatic carbocycles. The molecule has 0 saturated carbocycles. The first-order chi connectivity index (χ1) is 7.93. The molecule has 0 aromatic heterocycles. The summed E-state index contributed by atoms with van der Waals surface area (Å²) in [5, 5.41) is 17.2. The van der Waals surface area contributed by atoms with Crippen LogP contribution in [0.2, 0.25) is 5.02 Å². The number of hydrogen-bond donors (Lipinski definition) is 1. The lowest BCUT2D eigenvalue weighted by Crippen LogP contribution is -2.05. The summed E-state index contributed by atoms with van der Waals surface area (Å²) in [4.78, 5) is 10.5. The average Bonchev–Trinajstić information content (AvgIpc) is 2.21. The van der Waals surface area contributed by atoms with Crippen molar-refractivity contribution in [2.75, 3.05) is 0 Å². The second-order valence-corrected chi connectivity index (χ2v) is 3.38. The molecular formula is C10H6ClF2NO3. The first kappa shape index (κ1) is 13.2. The number of carboxylic acid groups (broad SMARTS) is 1. The van der Waals surface area contributed by atoms with Gasteiger partial charge in [0.15, 0.2) is 0 Å². The van der Waals surface area contributed by atoms with Crippen LogP contribution in [0.4, 0.5) is 8.78 Å². The van der Waals surface area contributed by atoms with Gasteiger partial charge in [-0.15, -0.1) is 0 Å². The van der Waals surface area contributed by atoms with Crippen molar-refractivity contribution in [2.45, 2.75) is 13.0 Å². The highest BCUT2D eigenvalue weighted by molar-refractivity contribution is 6.32. The van der Waals surface area contributed by atoms with Crippen molar-refractivity contribution in [2.24, 2.45) is 0 Å². The third-order valence-electron chi connectivity index (χ3n) is 1.81. The Hall–Kier alpha value is -1.87. The predicted molar refractivity (Wildman–Crippen MR) is 54.1 cm³/mol. The van der Waals surface area contributed by atoms with Crippen LogP contribution in [0.3, 0.4) is 0 Å². The molecule has 0 aliphatic rings. The van der Waals surface area contributed by atoms with Crippen molar-refractivity contribution in [3.63, 3.8) is 0 Å². The molecular weight excluding hydrogens is 256 g/mol. The highest BCUT2D eigenvalue weighted by atomic mass is 35.5. The summed E-state index contributed by atoms with van der Waals surface area (Å²) in [5.41, 5.74) is -0.0602. The van der Waals surface area contributed by atoms with Crippen LogP contribution in [0.25, 0.3) is 0 Å². The summed E-state index contributed by atoms with van der Waals surface area (Å²) in [6.07, 6.45) is -0.478. The fraction of sp³-hybridized carbons (Fsp3) is 0.200. The number of ether oxygens (including phenoxy) is 1.